The van der Waals surface area contributed by atoms with Crippen molar-refractivity contribution in [3.63, 3.8) is 0 Å². The fraction of sp³-hybridized carbons (Fsp3) is 0.467. The lowest BCUT2D eigenvalue weighted by Gasteiger charge is -2.18. The summed E-state index contributed by atoms with van der Waals surface area (Å²) in [6, 6.07) is 5.65. The van der Waals surface area contributed by atoms with Crippen LogP contribution in [0.2, 0.25) is 0 Å². The largest absolute Gasteiger partial charge is 0.299 e. The molecule has 0 amide bonds. The highest BCUT2D eigenvalue weighted by Crippen LogP contribution is 2.37. The van der Waals surface area contributed by atoms with Crippen LogP contribution in [0.5, 0.6) is 0 Å². The third-order valence-electron chi connectivity index (χ3n) is 3.31. The molecule has 0 spiro atoms. The van der Waals surface area contributed by atoms with E-state index in [-0.39, 0.29) is 11.9 Å². The molecule has 1 saturated carbocycles. The summed E-state index contributed by atoms with van der Waals surface area (Å²) in [5.74, 6) is 3.24. The fourth-order valence-corrected chi connectivity index (χ4v) is 2.03. The van der Waals surface area contributed by atoms with Gasteiger partial charge in [-0.2, -0.15) is 0 Å². The monoisotopic (exact) mass is 231 g/mol. The van der Waals surface area contributed by atoms with E-state index < -0.39 is 0 Å². The van der Waals surface area contributed by atoms with E-state index in [1.165, 1.54) is 12.8 Å². The molecule has 1 aromatic rings. The second kappa shape index (κ2) is 5.33. The van der Waals surface area contributed by atoms with E-state index in [1.807, 2.05) is 12.1 Å². The summed E-state index contributed by atoms with van der Waals surface area (Å²) in [5, 5.41) is 3.30. The first-order chi connectivity index (χ1) is 8.20. The fourth-order valence-electron chi connectivity index (χ4n) is 2.03. The maximum atomic E-state index is 13.5. The molecule has 1 aliphatic carbocycles. The smallest absolute Gasteiger partial charge is 0.126 e. The number of benzene rings is 1. The van der Waals surface area contributed by atoms with Gasteiger partial charge in [0.05, 0.1) is 6.54 Å². The van der Waals surface area contributed by atoms with Gasteiger partial charge in [-0.3, -0.25) is 5.32 Å². The van der Waals surface area contributed by atoms with Crippen LogP contribution in [0.1, 0.15) is 36.4 Å². The molecule has 0 aromatic heterocycles. The molecule has 1 fully saturated rings. The Balaban J connectivity index is 2.11. The van der Waals surface area contributed by atoms with Gasteiger partial charge >= 0.3 is 0 Å². The highest BCUT2D eigenvalue weighted by Gasteiger charge is 2.26. The molecule has 1 aromatic carbocycles. The van der Waals surface area contributed by atoms with Gasteiger partial charge in [0.15, 0.2) is 0 Å². The standard InChI is InChI=1S/C15H18FN/c1-3-8-17-15(9-12-5-6-12)13-7-4-11(2)14(16)10-13/h1,4,7,10,12,15,17H,5-6,8-9H2,2H3/t15-/m0/s1. The third kappa shape index (κ3) is 3.31. The maximum Gasteiger partial charge on any atom is 0.126 e. The highest BCUT2D eigenvalue weighted by molar-refractivity contribution is 5.26. The molecule has 2 rings (SSSR count). The molecule has 0 unspecified atom stereocenters. The Morgan fingerprint density at radius 2 is 2.29 bits per heavy atom. The SMILES string of the molecule is C#CCN[C@@H](CC1CC1)c1ccc(C)c(F)c1. The molecule has 1 atom stereocenters. The second-order valence-electron chi connectivity index (χ2n) is 4.83. The molecule has 90 valence electrons. The van der Waals surface area contributed by atoms with Crippen LogP contribution in [-0.4, -0.2) is 6.54 Å². The number of hydrogen-bond donors (Lipinski definition) is 1. The average Bonchev–Trinajstić information content (AvgIpc) is 3.12. The van der Waals surface area contributed by atoms with Crippen molar-refractivity contribution in [2.75, 3.05) is 6.54 Å². The minimum atomic E-state index is -0.134. The van der Waals surface area contributed by atoms with Crippen molar-refractivity contribution in [3.05, 3.63) is 35.1 Å². The number of nitrogens with one attached hydrogen (secondary N) is 1. The predicted molar refractivity (Wildman–Crippen MR) is 68.1 cm³/mol. The molecule has 1 aliphatic rings. The third-order valence-corrected chi connectivity index (χ3v) is 3.31. The van der Waals surface area contributed by atoms with Crippen molar-refractivity contribution >= 4 is 0 Å². The van der Waals surface area contributed by atoms with Crippen molar-refractivity contribution in [1.29, 1.82) is 0 Å². The molecular weight excluding hydrogens is 213 g/mol. The predicted octanol–water partition coefficient (Wildman–Crippen LogP) is 3.20. The van der Waals surface area contributed by atoms with Crippen LogP contribution in [0.25, 0.3) is 0 Å². The molecule has 1 N–H and O–H groups in total. The average molecular weight is 231 g/mol. The lowest BCUT2D eigenvalue weighted by molar-refractivity contribution is 0.495. The molecule has 0 radical (unpaired) electrons. The van der Waals surface area contributed by atoms with E-state index in [0.29, 0.717) is 12.1 Å². The molecular formula is C15H18FN. The van der Waals surface area contributed by atoms with E-state index in [4.69, 9.17) is 6.42 Å². The Bertz CT molecular complexity index is 429. The molecule has 0 bridgehead atoms. The summed E-state index contributed by atoms with van der Waals surface area (Å²) in [7, 11) is 0. The summed E-state index contributed by atoms with van der Waals surface area (Å²) in [5.41, 5.74) is 1.70. The minimum absolute atomic E-state index is 0.134. The summed E-state index contributed by atoms with van der Waals surface area (Å²) in [4.78, 5) is 0. The molecule has 2 heteroatoms. The normalized spacial score (nSPS) is 16.5. The van der Waals surface area contributed by atoms with Crippen molar-refractivity contribution in [2.45, 2.75) is 32.2 Å². The van der Waals surface area contributed by atoms with Gasteiger partial charge in [0.25, 0.3) is 0 Å². The number of halogens is 1. The van der Waals surface area contributed by atoms with Crippen LogP contribution >= 0.6 is 0 Å². The zero-order valence-electron chi connectivity index (χ0n) is 10.2. The Hall–Kier alpha value is -1.33. The van der Waals surface area contributed by atoms with Gasteiger partial charge in [0.2, 0.25) is 0 Å². The van der Waals surface area contributed by atoms with Gasteiger partial charge in [0.1, 0.15) is 5.82 Å². The van der Waals surface area contributed by atoms with E-state index in [1.54, 1.807) is 13.0 Å². The van der Waals surface area contributed by atoms with Gasteiger partial charge in [-0.15, -0.1) is 6.42 Å². The van der Waals surface area contributed by atoms with Gasteiger partial charge in [-0.25, -0.2) is 4.39 Å². The van der Waals surface area contributed by atoms with Crippen molar-refractivity contribution in [2.24, 2.45) is 5.92 Å². The Kier molecular flexibility index (Phi) is 3.81. The van der Waals surface area contributed by atoms with Crippen LogP contribution in [-0.2, 0) is 0 Å². The van der Waals surface area contributed by atoms with Crippen molar-refractivity contribution < 1.29 is 4.39 Å². The first-order valence-electron chi connectivity index (χ1n) is 6.13. The lowest BCUT2D eigenvalue weighted by atomic mass is 9.99. The highest BCUT2D eigenvalue weighted by atomic mass is 19.1. The topological polar surface area (TPSA) is 12.0 Å². The molecule has 17 heavy (non-hydrogen) atoms. The first kappa shape index (κ1) is 12.1. The van der Waals surface area contributed by atoms with E-state index in [0.717, 1.165) is 17.9 Å². The number of terminal acetylenes is 1. The maximum absolute atomic E-state index is 13.5. The molecule has 0 heterocycles. The van der Waals surface area contributed by atoms with E-state index in [9.17, 15) is 4.39 Å². The number of aryl methyl sites for hydroxylation is 1. The van der Waals surface area contributed by atoms with Crippen molar-refractivity contribution in [3.8, 4) is 12.3 Å². The summed E-state index contributed by atoms with van der Waals surface area (Å²) >= 11 is 0. The second-order valence-corrected chi connectivity index (χ2v) is 4.83. The summed E-state index contributed by atoms with van der Waals surface area (Å²) in [6.45, 7) is 2.32. The Morgan fingerprint density at radius 1 is 1.53 bits per heavy atom. The molecule has 0 saturated heterocycles. The van der Waals surface area contributed by atoms with Crippen LogP contribution in [0.15, 0.2) is 18.2 Å². The van der Waals surface area contributed by atoms with E-state index >= 15 is 0 Å². The lowest BCUT2D eigenvalue weighted by Crippen LogP contribution is -2.22. The molecule has 0 aliphatic heterocycles. The Morgan fingerprint density at radius 3 is 2.88 bits per heavy atom. The zero-order chi connectivity index (χ0) is 12.3. The van der Waals surface area contributed by atoms with Gasteiger partial charge in [-0.05, 0) is 36.5 Å². The zero-order valence-corrected chi connectivity index (χ0v) is 10.2. The van der Waals surface area contributed by atoms with Gasteiger partial charge in [0, 0.05) is 6.04 Å². The van der Waals surface area contributed by atoms with Gasteiger partial charge in [-0.1, -0.05) is 30.9 Å². The summed E-state index contributed by atoms with van der Waals surface area (Å²) in [6.07, 6.45) is 8.92. The molecule has 1 nitrogen and oxygen atoms in total. The van der Waals surface area contributed by atoms with Crippen LogP contribution < -0.4 is 5.32 Å². The first-order valence-corrected chi connectivity index (χ1v) is 6.13. The van der Waals surface area contributed by atoms with Crippen LogP contribution in [0.3, 0.4) is 0 Å². The minimum Gasteiger partial charge on any atom is -0.299 e. The van der Waals surface area contributed by atoms with Gasteiger partial charge < -0.3 is 0 Å². The van der Waals surface area contributed by atoms with Crippen LogP contribution in [0, 0.1) is 31.0 Å². The summed E-state index contributed by atoms with van der Waals surface area (Å²) < 4.78 is 13.5. The van der Waals surface area contributed by atoms with E-state index in [2.05, 4.69) is 11.2 Å². The quantitative estimate of drug-likeness (QED) is 0.767. The number of rotatable bonds is 5. The van der Waals surface area contributed by atoms with Crippen molar-refractivity contribution in [1.82, 2.24) is 5.32 Å². The number of hydrogen-bond acceptors (Lipinski definition) is 1. The van der Waals surface area contributed by atoms with Crippen LogP contribution in [0.4, 0.5) is 4.39 Å². The Labute approximate surface area is 102 Å².